The summed E-state index contributed by atoms with van der Waals surface area (Å²) in [4.78, 5) is 16.8. The number of ether oxygens (including phenoxy) is 1. The SMILES string of the molecule is CC(CN1CCOCC1)N1C(=O)CNC1C1CCCC1. The van der Waals surface area contributed by atoms with Gasteiger partial charge in [-0.1, -0.05) is 12.8 Å². The van der Waals surface area contributed by atoms with Crippen LogP contribution in [0.5, 0.6) is 0 Å². The summed E-state index contributed by atoms with van der Waals surface area (Å²) in [6.07, 6.45) is 5.46. The number of hydrogen-bond donors (Lipinski definition) is 1. The molecule has 3 rings (SSSR count). The molecule has 0 aromatic heterocycles. The molecule has 3 fully saturated rings. The number of rotatable bonds is 4. The lowest BCUT2D eigenvalue weighted by atomic mass is 10.0. The van der Waals surface area contributed by atoms with E-state index in [1.165, 1.54) is 25.7 Å². The van der Waals surface area contributed by atoms with Crippen LogP contribution in [0.25, 0.3) is 0 Å². The zero-order valence-electron chi connectivity index (χ0n) is 12.5. The first-order valence-corrected chi connectivity index (χ1v) is 8.10. The summed E-state index contributed by atoms with van der Waals surface area (Å²) in [7, 11) is 0. The van der Waals surface area contributed by atoms with E-state index >= 15 is 0 Å². The molecule has 1 aliphatic carbocycles. The Hall–Kier alpha value is -0.650. The fraction of sp³-hybridized carbons (Fsp3) is 0.933. The van der Waals surface area contributed by atoms with Crippen LogP contribution in [0.15, 0.2) is 0 Å². The van der Waals surface area contributed by atoms with E-state index in [1.807, 2.05) is 0 Å². The lowest BCUT2D eigenvalue weighted by Crippen LogP contribution is -2.52. The molecule has 1 saturated carbocycles. The summed E-state index contributed by atoms with van der Waals surface area (Å²) in [6.45, 7) is 7.33. The van der Waals surface area contributed by atoms with Crippen molar-refractivity contribution in [2.45, 2.75) is 44.8 Å². The molecule has 5 heteroatoms. The molecule has 1 N–H and O–H groups in total. The van der Waals surface area contributed by atoms with Crippen LogP contribution in [-0.4, -0.2) is 67.3 Å². The van der Waals surface area contributed by atoms with Gasteiger partial charge in [-0.25, -0.2) is 0 Å². The van der Waals surface area contributed by atoms with Crippen LogP contribution in [0.1, 0.15) is 32.6 Å². The second-order valence-corrected chi connectivity index (χ2v) is 6.43. The van der Waals surface area contributed by atoms with Gasteiger partial charge in [0.05, 0.1) is 25.9 Å². The molecular weight excluding hydrogens is 254 g/mol. The van der Waals surface area contributed by atoms with Crippen molar-refractivity contribution in [2.24, 2.45) is 5.92 Å². The second kappa shape index (κ2) is 6.41. The Labute approximate surface area is 121 Å². The van der Waals surface area contributed by atoms with Crippen molar-refractivity contribution in [1.29, 1.82) is 0 Å². The Balaban J connectivity index is 1.60. The van der Waals surface area contributed by atoms with E-state index in [2.05, 4.69) is 22.0 Å². The average Bonchev–Trinajstić information content (AvgIpc) is 3.08. The van der Waals surface area contributed by atoms with Crippen LogP contribution in [0, 0.1) is 5.92 Å². The van der Waals surface area contributed by atoms with Gasteiger partial charge in [-0.3, -0.25) is 15.0 Å². The van der Waals surface area contributed by atoms with Crippen LogP contribution in [0.3, 0.4) is 0 Å². The first-order valence-electron chi connectivity index (χ1n) is 8.10. The standard InChI is InChI=1S/C15H27N3O2/c1-12(11-17-6-8-20-9-7-17)18-14(19)10-16-15(18)13-4-2-3-5-13/h12-13,15-16H,2-11H2,1H3. The van der Waals surface area contributed by atoms with E-state index < -0.39 is 0 Å². The molecule has 0 aromatic carbocycles. The average molecular weight is 281 g/mol. The summed E-state index contributed by atoms with van der Waals surface area (Å²) in [5.41, 5.74) is 0. The van der Waals surface area contributed by atoms with Crippen LogP contribution in [0.2, 0.25) is 0 Å². The highest BCUT2D eigenvalue weighted by Gasteiger charge is 2.39. The lowest BCUT2D eigenvalue weighted by molar-refractivity contribution is -0.131. The van der Waals surface area contributed by atoms with Gasteiger partial charge in [0, 0.05) is 25.7 Å². The van der Waals surface area contributed by atoms with Crippen LogP contribution in [0.4, 0.5) is 0 Å². The molecule has 5 nitrogen and oxygen atoms in total. The fourth-order valence-corrected chi connectivity index (χ4v) is 3.97. The molecule has 1 amide bonds. The summed E-state index contributed by atoms with van der Waals surface area (Å²) < 4.78 is 5.40. The summed E-state index contributed by atoms with van der Waals surface area (Å²) in [6, 6.07) is 0.293. The van der Waals surface area contributed by atoms with E-state index in [9.17, 15) is 4.79 Å². The third kappa shape index (κ3) is 3.00. The lowest BCUT2D eigenvalue weighted by Gasteiger charge is -2.37. The summed E-state index contributed by atoms with van der Waals surface area (Å²) in [5, 5.41) is 3.45. The molecule has 3 aliphatic rings. The van der Waals surface area contributed by atoms with E-state index in [-0.39, 0.29) is 12.1 Å². The number of nitrogens with one attached hydrogen (secondary N) is 1. The number of hydrogen-bond acceptors (Lipinski definition) is 4. The zero-order chi connectivity index (χ0) is 13.9. The third-order valence-electron chi connectivity index (χ3n) is 5.00. The van der Waals surface area contributed by atoms with Crippen molar-refractivity contribution in [3.8, 4) is 0 Å². The Bertz CT molecular complexity index is 338. The van der Waals surface area contributed by atoms with Crippen molar-refractivity contribution in [1.82, 2.24) is 15.1 Å². The maximum Gasteiger partial charge on any atom is 0.238 e. The van der Waals surface area contributed by atoms with Crippen LogP contribution >= 0.6 is 0 Å². The smallest absolute Gasteiger partial charge is 0.238 e. The Morgan fingerprint density at radius 3 is 2.70 bits per heavy atom. The molecule has 0 radical (unpaired) electrons. The molecule has 0 bridgehead atoms. The molecule has 2 unspecified atom stereocenters. The van der Waals surface area contributed by atoms with Crippen molar-refractivity contribution in [2.75, 3.05) is 39.4 Å². The molecule has 2 atom stereocenters. The van der Waals surface area contributed by atoms with E-state index in [0.29, 0.717) is 18.5 Å². The Morgan fingerprint density at radius 2 is 2.00 bits per heavy atom. The number of nitrogens with zero attached hydrogens (tertiary/aromatic N) is 2. The van der Waals surface area contributed by atoms with Crippen LogP contribution in [-0.2, 0) is 9.53 Å². The summed E-state index contributed by atoms with van der Waals surface area (Å²) >= 11 is 0. The van der Waals surface area contributed by atoms with Gasteiger partial charge in [0.2, 0.25) is 5.91 Å². The highest BCUT2D eigenvalue weighted by molar-refractivity contribution is 5.81. The highest BCUT2D eigenvalue weighted by atomic mass is 16.5. The maximum atomic E-state index is 12.2. The molecule has 2 saturated heterocycles. The van der Waals surface area contributed by atoms with Gasteiger partial charge < -0.3 is 9.64 Å². The molecule has 0 aromatic rings. The number of carbonyl (C=O) groups is 1. The molecular formula is C15H27N3O2. The van der Waals surface area contributed by atoms with Gasteiger partial charge in [-0.05, 0) is 25.7 Å². The molecule has 114 valence electrons. The highest BCUT2D eigenvalue weighted by Crippen LogP contribution is 2.31. The first kappa shape index (κ1) is 14.3. The minimum Gasteiger partial charge on any atom is -0.379 e. The topological polar surface area (TPSA) is 44.8 Å². The molecule has 2 heterocycles. The third-order valence-corrected chi connectivity index (χ3v) is 5.00. The minimum atomic E-state index is 0.279. The van der Waals surface area contributed by atoms with E-state index in [1.54, 1.807) is 0 Å². The predicted octanol–water partition coefficient (Wildman–Crippen LogP) is 0.655. The maximum absolute atomic E-state index is 12.2. The van der Waals surface area contributed by atoms with Crippen molar-refractivity contribution < 1.29 is 9.53 Å². The van der Waals surface area contributed by atoms with Crippen molar-refractivity contribution in [3.05, 3.63) is 0 Å². The molecule has 2 aliphatic heterocycles. The minimum absolute atomic E-state index is 0.279. The summed E-state index contributed by atoms with van der Waals surface area (Å²) in [5.74, 6) is 0.941. The largest absolute Gasteiger partial charge is 0.379 e. The van der Waals surface area contributed by atoms with Gasteiger partial charge in [-0.2, -0.15) is 0 Å². The van der Waals surface area contributed by atoms with E-state index in [4.69, 9.17) is 4.74 Å². The predicted molar refractivity (Wildman–Crippen MR) is 77.3 cm³/mol. The number of carbonyl (C=O) groups excluding carboxylic acids is 1. The van der Waals surface area contributed by atoms with Gasteiger partial charge in [0.1, 0.15) is 0 Å². The van der Waals surface area contributed by atoms with Crippen molar-refractivity contribution >= 4 is 5.91 Å². The van der Waals surface area contributed by atoms with Gasteiger partial charge >= 0.3 is 0 Å². The second-order valence-electron chi connectivity index (χ2n) is 6.43. The Kier molecular flexibility index (Phi) is 4.58. The quantitative estimate of drug-likeness (QED) is 0.822. The first-order chi connectivity index (χ1) is 9.75. The fourth-order valence-electron chi connectivity index (χ4n) is 3.97. The normalized spacial score (nSPS) is 31.1. The molecule has 20 heavy (non-hydrogen) atoms. The van der Waals surface area contributed by atoms with Crippen LogP contribution < -0.4 is 5.32 Å². The monoisotopic (exact) mass is 281 g/mol. The van der Waals surface area contributed by atoms with Gasteiger partial charge in [-0.15, -0.1) is 0 Å². The Morgan fingerprint density at radius 1 is 1.30 bits per heavy atom. The van der Waals surface area contributed by atoms with Gasteiger partial charge in [0.25, 0.3) is 0 Å². The van der Waals surface area contributed by atoms with Crippen molar-refractivity contribution in [3.63, 3.8) is 0 Å². The zero-order valence-corrected chi connectivity index (χ0v) is 12.5. The number of amides is 1. The van der Waals surface area contributed by atoms with E-state index in [0.717, 1.165) is 32.8 Å². The number of morpholine rings is 1. The molecule has 0 spiro atoms. The van der Waals surface area contributed by atoms with Gasteiger partial charge in [0.15, 0.2) is 0 Å².